The predicted molar refractivity (Wildman–Crippen MR) is 120 cm³/mol. The minimum Gasteiger partial charge on any atom is -0.464 e. The summed E-state index contributed by atoms with van der Waals surface area (Å²) in [5.41, 5.74) is 0.868. The number of thiocarbonyl (C=S) groups is 1. The van der Waals surface area contributed by atoms with Gasteiger partial charge in [0.2, 0.25) is 6.79 Å². The fourth-order valence-corrected chi connectivity index (χ4v) is 4.29. The van der Waals surface area contributed by atoms with Gasteiger partial charge in [0.1, 0.15) is 10.9 Å². The maximum Gasteiger partial charge on any atom is 0.305 e. The minimum absolute atomic E-state index is 0.0780. The average molecular weight is 451 g/mol. The third-order valence-corrected chi connectivity index (χ3v) is 6.01. The molecule has 1 saturated heterocycles. The summed E-state index contributed by atoms with van der Waals surface area (Å²) in [6, 6.07) is 5.57. The van der Waals surface area contributed by atoms with Gasteiger partial charge in [-0.15, -0.1) is 0 Å². The first-order chi connectivity index (χ1) is 14.4. The normalized spacial score (nSPS) is 16.8. The predicted octanol–water partition coefficient (Wildman–Crippen LogP) is 3.28. The van der Waals surface area contributed by atoms with Gasteiger partial charge in [-0.25, -0.2) is 0 Å². The summed E-state index contributed by atoms with van der Waals surface area (Å²) in [5, 5.41) is 0. The highest BCUT2D eigenvalue weighted by Gasteiger charge is 2.31. The first-order valence-corrected chi connectivity index (χ1v) is 11.1. The molecule has 9 heteroatoms. The summed E-state index contributed by atoms with van der Waals surface area (Å²) in [4.78, 5) is 28.6. The Morgan fingerprint density at radius 2 is 2.07 bits per heavy atom. The maximum atomic E-state index is 12.7. The van der Waals surface area contributed by atoms with Crippen molar-refractivity contribution in [3.8, 4) is 11.5 Å². The molecule has 2 aliphatic rings. The topological polar surface area (TPSA) is 68.3 Å². The minimum atomic E-state index is -0.172. The van der Waals surface area contributed by atoms with E-state index < -0.39 is 0 Å². The molecule has 1 fully saturated rings. The average Bonchev–Trinajstić information content (AvgIpc) is 3.26. The zero-order valence-electron chi connectivity index (χ0n) is 17.2. The number of carbonyl (C=O) groups is 2. The molecule has 0 bridgehead atoms. The summed E-state index contributed by atoms with van der Waals surface area (Å²) in [5.74, 6) is 1.14. The van der Waals surface area contributed by atoms with E-state index in [0.717, 1.165) is 31.4 Å². The van der Waals surface area contributed by atoms with Gasteiger partial charge in [0.05, 0.1) is 4.91 Å². The highest BCUT2D eigenvalue weighted by atomic mass is 32.2. The molecule has 1 aromatic carbocycles. The second-order valence-electron chi connectivity index (χ2n) is 7.28. The molecule has 0 saturated carbocycles. The SMILES string of the molecule is CN(C)CCOC(=O)CCCCCN1C(=O)C(=Cc2ccc3c(c2)OCO3)SC1=S. The molecule has 0 unspecified atom stereocenters. The lowest BCUT2D eigenvalue weighted by atomic mass is 10.1. The summed E-state index contributed by atoms with van der Waals surface area (Å²) in [7, 11) is 3.87. The van der Waals surface area contributed by atoms with Crippen molar-refractivity contribution in [3.63, 3.8) is 0 Å². The quantitative estimate of drug-likeness (QED) is 0.233. The second-order valence-corrected chi connectivity index (χ2v) is 8.96. The van der Waals surface area contributed by atoms with Crippen LogP contribution in [0.15, 0.2) is 23.1 Å². The smallest absolute Gasteiger partial charge is 0.305 e. The third-order valence-electron chi connectivity index (χ3n) is 4.63. The van der Waals surface area contributed by atoms with E-state index in [1.165, 1.54) is 11.8 Å². The van der Waals surface area contributed by atoms with Crippen LogP contribution in [0.4, 0.5) is 0 Å². The Kier molecular flexibility index (Phi) is 8.12. The van der Waals surface area contributed by atoms with Gasteiger partial charge in [0.25, 0.3) is 5.91 Å². The van der Waals surface area contributed by atoms with E-state index in [9.17, 15) is 9.59 Å². The molecule has 7 nitrogen and oxygen atoms in total. The molecule has 1 amide bonds. The largest absolute Gasteiger partial charge is 0.464 e. The van der Waals surface area contributed by atoms with Gasteiger partial charge in [-0.3, -0.25) is 14.5 Å². The van der Waals surface area contributed by atoms with Crippen LogP contribution in [0.5, 0.6) is 11.5 Å². The first kappa shape index (κ1) is 22.6. The van der Waals surface area contributed by atoms with E-state index in [4.69, 9.17) is 26.4 Å². The molecular formula is C21H26N2O5S2. The Bertz CT molecular complexity index is 841. The van der Waals surface area contributed by atoms with Crippen LogP contribution in [0, 0.1) is 0 Å². The Morgan fingerprint density at radius 3 is 2.87 bits per heavy atom. The van der Waals surface area contributed by atoms with Crippen LogP contribution in [-0.4, -0.2) is 66.6 Å². The molecular weight excluding hydrogens is 424 g/mol. The molecule has 0 atom stereocenters. The molecule has 0 radical (unpaired) electrons. The van der Waals surface area contributed by atoms with Crippen LogP contribution in [0.25, 0.3) is 6.08 Å². The number of hydrogen-bond donors (Lipinski definition) is 0. The molecule has 0 aliphatic carbocycles. The highest BCUT2D eigenvalue weighted by molar-refractivity contribution is 8.26. The Hall–Kier alpha value is -2.10. The maximum absolute atomic E-state index is 12.7. The first-order valence-electron chi connectivity index (χ1n) is 9.89. The van der Waals surface area contributed by atoms with Crippen LogP contribution in [0.1, 0.15) is 31.2 Å². The number of nitrogens with zero attached hydrogens (tertiary/aromatic N) is 2. The van der Waals surface area contributed by atoms with Gasteiger partial charge < -0.3 is 19.1 Å². The molecule has 0 aromatic heterocycles. The van der Waals surface area contributed by atoms with Crippen molar-refractivity contribution in [1.29, 1.82) is 0 Å². The zero-order chi connectivity index (χ0) is 21.5. The fraction of sp³-hybridized carbons (Fsp3) is 0.476. The van der Waals surface area contributed by atoms with Crippen molar-refractivity contribution in [2.24, 2.45) is 0 Å². The van der Waals surface area contributed by atoms with Crippen molar-refractivity contribution in [3.05, 3.63) is 28.7 Å². The summed E-state index contributed by atoms with van der Waals surface area (Å²) >= 11 is 6.69. The number of unbranched alkanes of at least 4 members (excludes halogenated alkanes) is 2. The number of hydrogen-bond acceptors (Lipinski definition) is 8. The van der Waals surface area contributed by atoms with Crippen LogP contribution in [0.3, 0.4) is 0 Å². The van der Waals surface area contributed by atoms with Gasteiger partial charge in [-0.1, -0.05) is 36.5 Å². The molecule has 2 aliphatic heterocycles. The Labute approximate surface area is 186 Å². The third kappa shape index (κ3) is 6.20. The van der Waals surface area contributed by atoms with Crippen LogP contribution >= 0.6 is 24.0 Å². The summed E-state index contributed by atoms with van der Waals surface area (Å²) in [6.07, 6.45) is 4.58. The molecule has 30 heavy (non-hydrogen) atoms. The molecule has 3 rings (SSSR count). The number of fused-ring (bicyclic) bond motifs is 1. The molecule has 0 N–H and O–H groups in total. The van der Waals surface area contributed by atoms with Gasteiger partial charge in [0.15, 0.2) is 11.5 Å². The number of carbonyl (C=O) groups excluding carboxylic acids is 2. The van der Waals surface area contributed by atoms with Gasteiger partial charge in [-0.2, -0.15) is 0 Å². The van der Waals surface area contributed by atoms with Gasteiger partial charge in [0, 0.05) is 19.5 Å². The van der Waals surface area contributed by atoms with Gasteiger partial charge >= 0.3 is 5.97 Å². The number of benzene rings is 1. The Balaban J connectivity index is 1.41. The number of ether oxygens (including phenoxy) is 3. The van der Waals surface area contributed by atoms with Crippen LogP contribution in [-0.2, 0) is 14.3 Å². The Morgan fingerprint density at radius 1 is 1.27 bits per heavy atom. The highest BCUT2D eigenvalue weighted by Crippen LogP contribution is 2.36. The summed E-state index contributed by atoms with van der Waals surface area (Å²) in [6.45, 7) is 1.91. The van der Waals surface area contributed by atoms with Crippen molar-refractivity contribution < 1.29 is 23.8 Å². The van der Waals surface area contributed by atoms with Crippen molar-refractivity contribution in [1.82, 2.24) is 9.80 Å². The lowest BCUT2D eigenvalue weighted by Gasteiger charge is -2.14. The molecule has 0 spiro atoms. The van der Waals surface area contributed by atoms with Crippen molar-refractivity contribution in [2.75, 3.05) is 40.6 Å². The monoisotopic (exact) mass is 450 g/mol. The molecule has 2 heterocycles. The van der Waals surface area contributed by atoms with Gasteiger partial charge in [-0.05, 0) is 50.7 Å². The van der Waals surface area contributed by atoms with E-state index in [2.05, 4.69) is 0 Å². The van der Waals surface area contributed by atoms with E-state index >= 15 is 0 Å². The molecule has 1 aromatic rings. The lowest BCUT2D eigenvalue weighted by molar-refractivity contribution is -0.144. The summed E-state index contributed by atoms with van der Waals surface area (Å²) < 4.78 is 16.4. The van der Waals surface area contributed by atoms with Crippen LogP contribution in [0.2, 0.25) is 0 Å². The zero-order valence-corrected chi connectivity index (χ0v) is 18.9. The number of esters is 1. The van der Waals surface area contributed by atoms with E-state index in [-0.39, 0.29) is 18.7 Å². The number of amides is 1. The van der Waals surface area contributed by atoms with Crippen LogP contribution < -0.4 is 9.47 Å². The molecule has 162 valence electrons. The van der Waals surface area contributed by atoms with Crippen molar-refractivity contribution >= 4 is 46.3 Å². The number of thioether (sulfide) groups is 1. The second kappa shape index (κ2) is 10.8. The lowest BCUT2D eigenvalue weighted by Crippen LogP contribution is -2.29. The fourth-order valence-electron chi connectivity index (χ4n) is 2.98. The standard InChI is InChI=1S/C21H26N2O5S2/c1-22(2)10-11-26-19(24)6-4-3-5-9-23-20(25)18(30-21(23)29)13-15-7-8-16-17(12-15)28-14-27-16/h7-8,12-13H,3-6,9-11,14H2,1-2H3. The number of likely N-dealkylation sites (N-methyl/N-ethyl adjacent to an activating group) is 1. The van der Waals surface area contributed by atoms with E-state index in [1.807, 2.05) is 43.3 Å². The van der Waals surface area contributed by atoms with Crippen molar-refractivity contribution in [2.45, 2.75) is 25.7 Å². The van der Waals surface area contributed by atoms with E-state index in [0.29, 0.717) is 40.3 Å². The number of rotatable bonds is 10. The van der Waals surface area contributed by atoms with E-state index in [1.54, 1.807) is 4.90 Å².